The van der Waals surface area contributed by atoms with Crippen LogP contribution in [-0.4, -0.2) is 30.4 Å². The zero-order chi connectivity index (χ0) is 7.78. The summed E-state index contributed by atoms with van der Waals surface area (Å²) in [5, 5.41) is 3.61. The van der Waals surface area contributed by atoms with Crippen molar-refractivity contribution in [1.82, 2.24) is 5.32 Å². The molecular weight excluding hydrogens is 129 g/mol. The maximum absolute atomic E-state index is 3.61. The number of nitrogens with one attached hydrogen (secondary N) is 1. The summed E-state index contributed by atoms with van der Waals surface area (Å²) in [6, 6.07) is 0.698. The molecule has 1 aliphatic heterocycles. The molecule has 2 unspecified atom stereocenters. The average molecular weight is 148 g/mol. The van der Waals surface area contributed by atoms with Crippen LogP contribution in [0.25, 0.3) is 0 Å². The Balaban J connectivity index is 0.000001000. The van der Waals surface area contributed by atoms with Crippen molar-refractivity contribution in [3.8, 4) is 0 Å². The molecule has 0 amide bonds. The van der Waals surface area contributed by atoms with Crippen molar-refractivity contribution in [2.24, 2.45) is 5.92 Å². The number of hydrogen-bond acceptors (Lipinski definition) is 1. The van der Waals surface area contributed by atoms with Gasteiger partial charge in [0.2, 0.25) is 0 Å². The Hall–Kier alpha value is 0.557. The monoisotopic (exact) mass is 148 g/mol. The zero-order valence-corrected chi connectivity index (χ0v) is 8.57. The molecule has 0 aliphatic carbocycles. The molecule has 1 rings (SSSR count). The Morgan fingerprint density at radius 2 is 1.82 bits per heavy atom. The molecule has 0 aromatic heterocycles. The maximum Gasteiger partial charge on any atom is 0.0127 e. The van der Waals surface area contributed by atoms with Gasteiger partial charge < -0.3 is 5.32 Å². The first-order valence-corrected chi connectivity index (χ1v) is 4.29. The first kappa shape index (κ1) is 11.6. The fourth-order valence-electron chi connectivity index (χ4n) is 1.67. The smallest absolute Gasteiger partial charge is 0.0127 e. The first-order chi connectivity index (χ1) is 4.51. The van der Waals surface area contributed by atoms with Gasteiger partial charge in [-0.3, -0.25) is 0 Å². The van der Waals surface area contributed by atoms with Gasteiger partial charge in [0.15, 0.2) is 0 Å². The summed E-state index contributed by atoms with van der Waals surface area (Å²) in [5.41, 5.74) is 0.381. The van der Waals surface area contributed by atoms with Crippen molar-refractivity contribution in [2.45, 2.75) is 52.1 Å². The quantitative estimate of drug-likeness (QED) is 0.516. The van der Waals surface area contributed by atoms with Gasteiger partial charge >= 0.3 is 0 Å². The van der Waals surface area contributed by atoms with Crippen LogP contribution in [-0.2, 0) is 0 Å². The second-order valence-corrected chi connectivity index (χ2v) is 4.33. The van der Waals surface area contributed by atoms with E-state index in [1.54, 1.807) is 0 Å². The predicted molar refractivity (Wildman–Crippen MR) is 50.8 cm³/mol. The molecule has 2 atom stereocenters. The molecule has 61 valence electrons. The molecule has 11 heavy (non-hydrogen) atoms. The second-order valence-electron chi connectivity index (χ2n) is 4.33. The van der Waals surface area contributed by atoms with E-state index in [1.165, 1.54) is 12.8 Å². The minimum Gasteiger partial charge on any atom is -0.309 e. The third kappa shape index (κ3) is 3.19. The molecule has 0 aromatic rings. The van der Waals surface area contributed by atoms with Crippen molar-refractivity contribution in [3.63, 3.8) is 0 Å². The zero-order valence-electron chi connectivity index (χ0n) is 8.57. The first-order valence-electron chi connectivity index (χ1n) is 4.29. The van der Waals surface area contributed by atoms with Crippen molar-refractivity contribution < 1.29 is 0 Å². The normalized spacial score (nSPS) is 36.0. The standard InChI is InChI=1S/C9H19N.Li/c1-7-5-6-9(3,4)10-8(7)2;/h7-8,10H,5-6H2,1-4H3;. The van der Waals surface area contributed by atoms with Gasteiger partial charge in [-0.15, -0.1) is 0 Å². The van der Waals surface area contributed by atoms with Crippen LogP contribution in [0.15, 0.2) is 0 Å². The molecule has 1 radical (unpaired) electrons. The molecule has 0 saturated carbocycles. The summed E-state index contributed by atoms with van der Waals surface area (Å²) in [4.78, 5) is 0. The van der Waals surface area contributed by atoms with Gasteiger partial charge in [0.05, 0.1) is 0 Å². The molecule has 1 nitrogen and oxygen atoms in total. The van der Waals surface area contributed by atoms with E-state index in [2.05, 4.69) is 33.0 Å². The Morgan fingerprint density at radius 3 is 2.18 bits per heavy atom. The fraction of sp³-hybridized carbons (Fsp3) is 1.00. The van der Waals surface area contributed by atoms with E-state index < -0.39 is 0 Å². The third-order valence-electron chi connectivity index (χ3n) is 2.70. The average Bonchev–Trinajstić information content (AvgIpc) is 1.79. The molecule has 1 heterocycles. The van der Waals surface area contributed by atoms with Crippen LogP contribution in [0.5, 0.6) is 0 Å². The van der Waals surface area contributed by atoms with Crippen LogP contribution >= 0.6 is 0 Å². The Labute approximate surface area is 82.5 Å². The summed E-state index contributed by atoms with van der Waals surface area (Å²) in [5.74, 6) is 0.855. The SMILES string of the molecule is CC1CCC(C)(C)NC1C.[Li]. The van der Waals surface area contributed by atoms with Gasteiger partial charge in [-0.1, -0.05) is 6.92 Å². The summed E-state index contributed by atoms with van der Waals surface area (Å²) in [6.45, 7) is 9.18. The Morgan fingerprint density at radius 1 is 1.27 bits per heavy atom. The van der Waals surface area contributed by atoms with Gasteiger partial charge in [0.25, 0.3) is 0 Å². The molecular formula is C9H19LiN. The van der Waals surface area contributed by atoms with E-state index >= 15 is 0 Å². The number of hydrogen-bond donors (Lipinski definition) is 1. The van der Waals surface area contributed by atoms with Crippen molar-refractivity contribution in [3.05, 3.63) is 0 Å². The summed E-state index contributed by atoms with van der Waals surface area (Å²) in [6.07, 6.45) is 2.69. The number of rotatable bonds is 0. The van der Waals surface area contributed by atoms with Crippen LogP contribution in [0.1, 0.15) is 40.5 Å². The van der Waals surface area contributed by atoms with Crippen LogP contribution in [0.3, 0.4) is 0 Å². The molecule has 1 saturated heterocycles. The molecule has 2 heteroatoms. The molecule has 0 aromatic carbocycles. The Kier molecular flexibility index (Phi) is 4.19. The topological polar surface area (TPSA) is 12.0 Å². The van der Waals surface area contributed by atoms with Crippen LogP contribution < -0.4 is 5.32 Å². The molecule has 1 fully saturated rings. The van der Waals surface area contributed by atoms with Gasteiger partial charge in [-0.25, -0.2) is 0 Å². The molecule has 0 spiro atoms. The van der Waals surface area contributed by atoms with E-state index in [1.807, 2.05) is 0 Å². The minimum atomic E-state index is 0. The number of piperidine rings is 1. The van der Waals surface area contributed by atoms with Crippen LogP contribution in [0.2, 0.25) is 0 Å². The van der Waals surface area contributed by atoms with Crippen molar-refractivity contribution >= 4 is 18.9 Å². The van der Waals surface area contributed by atoms with E-state index in [9.17, 15) is 0 Å². The van der Waals surface area contributed by atoms with Crippen LogP contribution in [0.4, 0.5) is 0 Å². The van der Waals surface area contributed by atoms with E-state index in [-0.39, 0.29) is 18.9 Å². The summed E-state index contributed by atoms with van der Waals surface area (Å²) < 4.78 is 0. The minimum absolute atomic E-state index is 0. The van der Waals surface area contributed by atoms with Gasteiger partial charge in [0, 0.05) is 30.4 Å². The van der Waals surface area contributed by atoms with Gasteiger partial charge in [-0.05, 0) is 39.5 Å². The molecule has 1 aliphatic rings. The largest absolute Gasteiger partial charge is 0.309 e. The van der Waals surface area contributed by atoms with E-state index in [0.717, 1.165) is 5.92 Å². The third-order valence-corrected chi connectivity index (χ3v) is 2.70. The van der Waals surface area contributed by atoms with Crippen molar-refractivity contribution in [2.75, 3.05) is 0 Å². The van der Waals surface area contributed by atoms with E-state index in [4.69, 9.17) is 0 Å². The van der Waals surface area contributed by atoms with Gasteiger partial charge in [-0.2, -0.15) is 0 Å². The van der Waals surface area contributed by atoms with Crippen LogP contribution in [0, 0.1) is 5.92 Å². The molecule has 0 bridgehead atoms. The van der Waals surface area contributed by atoms with Gasteiger partial charge in [0.1, 0.15) is 0 Å². The Bertz CT molecular complexity index is 123. The predicted octanol–water partition coefficient (Wildman–Crippen LogP) is 1.79. The second kappa shape index (κ2) is 3.98. The van der Waals surface area contributed by atoms with Crippen molar-refractivity contribution in [1.29, 1.82) is 0 Å². The van der Waals surface area contributed by atoms with E-state index in [0.29, 0.717) is 11.6 Å². The molecule has 1 N–H and O–H groups in total. The fourth-order valence-corrected chi connectivity index (χ4v) is 1.67. The summed E-state index contributed by atoms with van der Waals surface area (Å²) in [7, 11) is 0. The maximum atomic E-state index is 3.61. The summed E-state index contributed by atoms with van der Waals surface area (Å²) >= 11 is 0.